The Bertz CT molecular complexity index is 1070. The highest BCUT2D eigenvalue weighted by Crippen LogP contribution is 2.32. The Balaban J connectivity index is 2.67. The molecule has 0 aliphatic carbocycles. The van der Waals surface area contributed by atoms with Crippen molar-refractivity contribution in [1.82, 2.24) is 0 Å². The third-order valence-electron chi connectivity index (χ3n) is 4.27. The van der Waals surface area contributed by atoms with E-state index in [0.29, 0.717) is 10.4 Å². The number of benzene rings is 2. The van der Waals surface area contributed by atoms with Gasteiger partial charge in [-0.25, -0.2) is 17.2 Å². The number of nitriles is 1. The lowest BCUT2D eigenvalue weighted by Gasteiger charge is -2.31. The van der Waals surface area contributed by atoms with Gasteiger partial charge in [0.1, 0.15) is 11.6 Å². The molecule has 0 fully saturated rings. The average molecular weight is 425 g/mol. The number of aliphatic hydroxyl groups is 1. The van der Waals surface area contributed by atoms with Crippen molar-refractivity contribution >= 4 is 21.4 Å². The van der Waals surface area contributed by atoms with Crippen LogP contribution in [-0.2, 0) is 10.0 Å². The van der Waals surface area contributed by atoms with Gasteiger partial charge < -0.3 is 5.11 Å². The van der Waals surface area contributed by atoms with E-state index in [4.69, 9.17) is 0 Å². The molecule has 29 heavy (non-hydrogen) atoms. The van der Waals surface area contributed by atoms with Crippen LogP contribution in [0.15, 0.2) is 47.4 Å². The van der Waals surface area contributed by atoms with E-state index < -0.39 is 60.9 Å². The first-order chi connectivity index (χ1) is 13.4. The summed E-state index contributed by atoms with van der Waals surface area (Å²) in [6.07, 6.45) is -1.57. The summed E-state index contributed by atoms with van der Waals surface area (Å²) in [6.45, 7) is 1.94. The van der Waals surface area contributed by atoms with Crippen LogP contribution in [0.25, 0.3) is 0 Å². The van der Waals surface area contributed by atoms with Crippen molar-refractivity contribution in [2.75, 3.05) is 10.8 Å². The van der Waals surface area contributed by atoms with E-state index in [-0.39, 0.29) is 0 Å². The summed E-state index contributed by atoms with van der Waals surface area (Å²) < 4.78 is 54.3. The Kier molecular flexibility index (Phi) is 6.20. The minimum Gasteiger partial charge on any atom is -0.390 e. The van der Waals surface area contributed by atoms with Crippen molar-refractivity contribution < 1.29 is 27.2 Å². The monoisotopic (exact) mass is 425 g/mol. The maximum atomic E-state index is 14.5. The summed E-state index contributed by atoms with van der Waals surface area (Å²) >= 11 is 0. The number of anilines is 1. The van der Waals surface area contributed by atoms with Crippen molar-refractivity contribution in [3.05, 3.63) is 64.2 Å². The lowest BCUT2D eigenvalue weighted by molar-refractivity contribution is -0.384. The molecule has 0 aromatic heterocycles. The second-order valence-electron chi connectivity index (χ2n) is 6.73. The fourth-order valence-corrected chi connectivity index (χ4v) is 3.80. The lowest BCUT2D eigenvalue weighted by atomic mass is 9.88. The van der Waals surface area contributed by atoms with Crippen LogP contribution in [0.5, 0.6) is 0 Å². The zero-order valence-electron chi connectivity index (χ0n) is 15.4. The number of halogens is 2. The van der Waals surface area contributed by atoms with Crippen molar-refractivity contribution in [1.29, 1.82) is 5.26 Å². The van der Waals surface area contributed by atoms with Gasteiger partial charge in [0, 0.05) is 12.1 Å². The molecule has 0 heterocycles. The first-order valence-electron chi connectivity index (χ1n) is 8.21. The highest BCUT2D eigenvalue weighted by atomic mass is 32.2. The standard InChI is InChI=1S/C18H17F2N3O5S/c1-18(2,11-21)17(24)10-22(16-9-13(23(25)26)5-8-15(16)20)29(27,28)14-6-3-12(19)4-7-14/h3-9,17,24H,10H2,1-2H3. The quantitative estimate of drug-likeness (QED) is 0.537. The van der Waals surface area contributed by atoms with Gasteiger partial charge in [-0.3, -0.25) is 14.4 Å². The maximum absolute atomic E-state index is 14.5. The van der Waals surface area contributed by atoms with Crippen LogP contribution in [0.2, 0.25) is 0 Å². The highest BCUT2D eigenvalue weighted by Gasteiger charge is 2.36. The number of aliphatic hydroxyl groups excluding tert-OH is 1. The van der Waals surface area contributed by atoms with Crippen molar-refractivity contribution in [3.63, 3.8) is 0 Å². The number of non-ortho nitro benzene ring substituents is 1. The fourth-order valence-electron chi connectivity index (χ4n) is 2.33. The van der Waals surface area contributed by atoms with Gasteiger partial charge in [-0.05, 0) is 44.2 Å². The number of nitro benzene ring substituents is 1. The second kappa shape index (κ2) is 8.10. The van der Waals surface area contributed by atoms with Gasteiger partial charge >= 0.3 is 0 Å². The third kappa shape index (κ3) is 4.67. The molecule has 2 rings (SSSR count). The van der Waals surface area contributed by atoms with E-state index in [1.807, 2.05) is 6.07 Å². The molecule has 0 radical (unpaired) electrons. The van der Waals surface area contributed by atoms with Crippen molar-refractivity contribution in [2.24, 2.45) is 5.41 Å². The Labute approximate surface area is 165 Å². The second-order valence-corrected chi connectivity index (χ2v) is 8.59. The molecular weight excluding hydrogens is 408 g/mol. The van der Waals surface area contributed by atoms with Crippen molar-refractivity contribution in [3.8, 4) is 6.07 Å². The van der Waals surface area contributed by atoms with Crippen LogP contribution in [0, 0.1) is 38.5 Å². The van der Waals surface area contributed by atoms with E-state index >= 15 is 0 Å². The van der Waals surface area contributed by atoms with Gasteiger partial charge in [0.25, 0.3) is 15.7 Å². The van der Waals surface area contributed by atoms with Crippen molar-refractivity contribution in [2.45, 2.75) is 24.8 Å². The fraction of sp³-hybridized carbons (Fsp3) is 0.278. The van der Waals surface area contributed by atoms with Gasteiger partial charge in [-0.15, -0.1) is 0 Å². The Morgan fingerprint density at radius 3 is 2.34 bits per heavy atom. The lowest BCUT2D eigenvalue weighted by Crippen LogP contribution is -2.43. The third-order valence-corrected chi connectivity index (χ3v) is 6.06. The highest BCUT2D eigenvalue weighted by molar-refractivity contribution is 7.92. The van der Waals surface area contributed by atoms with Gasteiger partial charge in [-0.1, -0.05) is 0 Å². The molecule has 11 heteroatoms. The van der Waals surface area contributed by atoms with Crippen LogP contribution >= 0.6 is 0 Å². The Morgan fingerprint density at radius 2 is 1.83 bits per heavy atom. The number of sulfonamides is 1. The Morgan fingerprint density at radius 1 is 1.24 bits per heavy atom. The van der Waals surface area contributed by atoms with Crippen LogP contribution in [0.4, 0.5) is 20.2 Å². The molecule has 0 saturated carbocycles. The zero-order valence-corrected chi connectivity index (χ0v) is 16.2. The SMILES string of the molecule is CC(C)(C#N)C(O)CN(c1cc([N+](=O)[O-])ccc1F)S(=O)(=O)c1ccc(F)cc1. The molecule has 1 unspecified atom stereocenters. The Hall–Kier alpha value is -3.10. The summed E-state index contributed by atoms with van der Waals surface area (Å²) in [5.74, 6) is -1.80. The summed E-state index contributed by atoms with van der Waals surface area (Å²) in [4.78, 5) is 9.80. The molecule has 1 atom stereocenters. The van der Waals surface area contributed by atoms with Crippen LogP contribution in [0.1, 0.15) is 13.8 Å². The van der Waals surface area contributed by atoms with Gasteiger partial charge in [0.05, 0.1) is 39.6 Å². The molecule has 0 aliphatic heterocycles. The van der Waals surface area contributed by atoms with Crippen LogP contribution in [0.3, 0.4) is 0 Å². The van der Waals surface area contributed by atoms with E-state index in [2.05, 4.69) is 0 Å². The smallest absolute Gasteiger partial charge is 0.271 e. The molecule has 2 aromatic carbocycles. The number of rotatable bonds is 7. The molecule has 0 saturated heterocycles. The molecule has 0 aliphatic rings. The first-order valence-corrected chi connectivity index (χ1v) is 9.65. The largest absolute Gasteiger partial charge is 0.390 e. The zero-order chi connectivity index (χ0) is 22.0. The number of nitro groups is 1. The number of nitrogens with zero attached hydrogens (tertiary/aromatic N) is 3. The summed E-state index contributed by atoms with van der Waals surface area (Å²) in [5, 5.41) is 30.6. The molecule has 8 nitrogen and oxygen atoms in total. The van der Waals surface area contributed by atoms with Crippen LogP contribution in [-0.4, -0.2) is 31.1 Å². The van der Waals surface area contributed by atoms with Gasteiger partial charge in [0.15, 0.2) is 0 Å². The van der Waals surface area contributed by atoms with Gasteiger partial charge in [-0.2, -0.15) is 5.26 Å². The van der Waals surface area contributed by atoms with Crippen LogP contribution < -0.4 is 4.31 Å². The average Bonchev–Trinajstić information content (AvgIpc) is 2.66. The minimum absolute atomic E-state index is 0.424. The molecule has 0 bridgehead atoms. The van der Waals surface area contributed by atoms with E-state index in [0.717, 1.165) is 36.4 Å². The molecule has 1 N–H and O–H groups in total. The summed E-state index contributed by atoms with van der Waals surface area (Å²) in [6, 6.07) is 7.75. The number of hydrogen-bond acceptors (Lipinski definition) is 6. The predicted molar refractivity (Wildman–Crippen MR) is 99.4 cm³/mol. The maximum Gasteiger partial charge on any atom is 0.271 e. The normalized spacial score (nSPS) is 12.8. The number of hydrogen-bond donors (Lipinski definition) is 1. The molecular formula is C18H17F2N3O5S. The molecule has 0 spiro atoms. The van der Waals surface area contributed by atoms with E-state index in [1.54, 1.807) is 0 Å². The topological polar surface area (TPSA) is 125 Å². The summed E-state index contributed by atoms with van der Waals surface area (Å²) in [7, 11) is -4.56. The predicted octanol–water partition coefficient (Wildman–Crippen LogP) is 2.98. The van der Waals surface area contributed by atoms with E-state index in [9.17, 15) is 37.7 Å². The first kappa shape index (κ1) is 22.2. The molecule has 0 amide bonds. The minimum atomic E-state index is -4.56. The molecule has 2 aromatic rings. The van der Waals surface area contributed by atoms with E-state index in [1.165, 1.54) is 13.8 Å². The molecule has 154 valence electrons. The van der Waals surface area contributed by atoms with Gasteiger partial charge in [0.2, 0.25) is 0 Å². The summed E-state index contributed by atoms with van der Waals surface area (Å²) in [5.41, 5.74) is -2.67.